The van der Waals surface area contributed by atoms with Gasteiger partial charge in [-0.15, -0.1) is 0 Å². The van der Waals surface area contributed by atoms with Crippen LogP contribution in [0.4, 0.5) is 5.69 Å². The Balaban J connectivity index is 1.94. The zero-order chi connectivity index (χ0) is 26.3. The van der Waals surface area contributed by atoms with Gasteiger partial charge in [-0.3, -0.25) is 9.59 Å². The number of para-hydroxylation sites is 1. The van der Waals surface area contributed by atoms with E-state index in [1.807, 2.05) is 6.92 Å². The summed E-state index contributed by atoms with van der Waals surface area (Å²) in [6.45, 7) is 1.56. The molecule has 0 heterocycles. The molecule has 1 atom stereocenters. The van der Waals surface area contributed by atoms with E-state index in [-0.39, 0.29) is 18.5 Å². The van der Waals surface area contributed by atoms with Crippen LogP contribution < -0.4 is 9.62 Å². The van der Waals surface area contributed by atoms with E-state index in [1.165, 1.54) is 19.0 Å². The van der Waals surface area contributed by atoms with Crippen LogP contribution in [-0.4, -0.2) is 62.2 Å². The van der Waals surface area contributed by atoms with E-state index in [4.69, 9.17) is 11.6 Å². The molecule has 36 heavy (non-hydrogen) atoms. The minimum atomic E-state index is -3.97. The number of benzene rings is 2. The minimum absolute atomic E-state index is 0.106. The van der Waals surface area contributed by atoms with Crippen LogP contribution in [0.2, 0.25) is 5.02 Å². The van der Waals surface area contributed by atoms with Crippen molar-refractivity contribution in [1.82, 2.24) is 14.5 Å². The molecule has 10 heteroatoms. The van der Waals surface area contributed by atoms with Crippen LogP contribution in [0.15, 0.2) is 54.6 Å². The number of rotatable bonds is 11. The van der Waals surface area contributed by atoms with Gasteiger partial charge >= 0.3 is 10.2 Å². The van der Waals surface area contributed by atoms with Crippen molar-refractivity contribution in [3.63, 3.8) is 0 Å². The summed E-state index contributed by atoms with van der Waals surface area (Å²) in [5.41, 5.74) is 1.16. The molecule has 2 amide bonds. The van der Waals surface area contributed by atoms with Crippen molar-refractivity contribution in [2.45, 2.75) is 57.7 Å². The predicted molar refractivity (Wildman–Crippen MR) is 143 cm³/mol. The fourth-order valence-electron chi connectivity index (χ4n) is 4.38. The number of amides is 2. The van der Waals surface area contributed by atoms with E-state index < -0.39 is 28.7 Å². The molecule has 0 bridgehead atoms. The molecule has 3 rings (SSSR count). The molecule has 1 N–H and O–H groups in total. The van der Waals surface area contributed by atoms with Crippen molar-refractivity contribution in [3.05, 3.63) is 65.2 Å². The number of nitrogens with one attached hydrogen (secondary N) is 1. The van der Waals surface area contributed by atoms with Crippen molar-refractivity contribution in [2.75, 3.05) is 24.9 Å². The number of halogens is 1. The van der Waals surface area contributed by atoms with E-state index in [2.05, 4.69) is 5.32 Å². The third kappa shape index (κ3) is 6.99. The second kappa shape index (κ2) is 12.6. The Morgan fingerprint density at radius 2 is 1.64 bits per heavy atom. The molecule has 0 spiro atoms. The van der Waals surface area contributed by atoms with Gasteiger partial charge in [0.05, 0.1) is 5.69 Å². The van der Waals surface area contributed by atoms with Gasteiger partial charge in [0.1, 0.15) is 12.6 Å². The van der Waals surface area contributed by atoms with Gasteiger partial charge in [0.25, 0.3) is 0 Å². The van der Waals surface area contributed by atoms with Crippen molar-refractivity contribution in [3.8, 4) is 0 Å². The number of anilines is 1. The Hall–Kier alpha value is -2.62. The monoisotopic (exact) mass is 534 g/mol. The highest BCUT2D eigenvalue weighted by atomic mass is 35.5. The largest absolute Gasteiger partial charge is 0.352 e. The maximum absolute atomic E-state index is 13.8. The molecule has 1 aliphatic carbocycles. The first-order chi connectivity index (χ1) is 17.1. The lowest BCUT2D eigenvalue weighted by atomic mass is 10.1. The normalized spacial score (nSPS) is 15.0. The third-order valence-corrected chi connectivity index (χ3v) is 8.49. The van der Waals surface area contributed by atoms with Gasteiger partial charge in [-0.05, 0) is 49.1 Å². The lowest BCUT2D eigenvalue weighted by Gasteiger charge is -2.34. The predicted octanol–water partition coefficient (Wildman–Crippen LogP) is 3.82. The van der Waals surface area contributed by atoms with Crippen molar-refractivity contribution in [2.24, 2.45) is 0 Å². The number of hydrogen-bond acceptors (Lipinski definition) is 4. The Morgan fingerprint density at radius 3 is 2.19 bits per heavy atom. The van der Waals surface area contributed by atoms with Crippen LogP contribution in [0.5, 0.6) is 0 Å². The first-order valence-corrected chi connectivity index (χ1v) is 14.0. The second-order valence-corrected chi connectivity index (χ2v) is 11.7. The van der Waals surface area contributed by atoms with Crippen LogP contribution in [0.1, 0.15) is 44.6 Å². The zero-order valence-electron chi connectivity index (χ0n) is 21.1. The molecule has 1 saturated carbocycles. The number of carbonyl (C=O) groups excluding carboxylic acids is 2. The van der Waals surface area contributed by atoms with Gasteiger partial charge in [0.2, 0.25) is 11.8 Å². The Kier molecular flexibility index (Phi) is 9.76. The quantitative estimate of drug-likeness (QED) is 0.474. The second-order valence-electron chi connectivity index (χ2n) is 9.19. The SMILES string of the molecule is CC[C@H](C(=O)NC1CCCC1)N(Cc1ccc(Cl)cc1)C(=O)CN(c1ccccc1)S(=O)(=O)N(C)C. The van der Waals surface area contributed by atoms with Gasteiger partial charge in [0.15, 0.2) is 0 Å². The van der Waals surface area contributed by atoms with Gasteiger partial charge in [-0.25, -0.2) is 4.31 Å². The van der Waals surface area contributed by atoms with E-state index >= 15 is 0 Å². The van der Waals surface area contributed by atoms with Gasteiger partial charge in [0, 0.05) is 31.7 Å². The van der Waals surface area contributed by atoms with Crippen LogP contribution in [0.25, 0.3) is 0 Å². The smallest absolute Gasteiger partial charge is 0.304 e. The van der Waals surface area contributed by atoms with Crippen LogP contribution in [-0.2, 0) is 26.3 Å². The average molecular weight is 535 g/mol. The summed E-state index contributed by atoms with van der Waals surface area (Å²) in [6.07, 6.45) is 4.39. The molecular weight excluding hydrogens is 500 g/mol. The summed E-state index contributed by atoms with van der Waals surface area (Å²) in [4.78, 5) is 28.6. The average Bonchev–Trinajstić information content (AvgIpc) is 3.36. The van der Waals surface area contributed by atoms with Gasteiger partial charge < -0.3 is 10.2 Å². The number of nitrogens with zero attached hydrogens (tertiary/aromatic N) is 3. The lowest BCUT2D eigenvalue weighted by Crippen LogP contribution is -2.54. The molecule has 0 unspecified atom stereocenters. The Labute approximate surface area is 219 Å². The molecule has 2 aromatic carbocycles. The fourth-order valence-corrected chi connectivity index (χ4v) is 5.57. The van der Waals surface area contributed by atoms with E-state index in [1.54, 1.807) is 54.6 Å². The van der Waals surface area contributed by atoms with E-state index in [0.29, 0.717) is 17.1 Å². The molecular formula is C26H35ClN4O4S. The Morgan fingerprint density at radius 1 is 1.03 bits per heavy atom. The molecule has 1 fully saturated rings. The van der Waals surface area contributed by atoms with Crippen molar-refractivity contribution < 1.29 is 18.0 Å². The van der Waals surface area contributed by atoms with Crippen LogP contribution >= 0.6 is 11.6 Å². The Bertz CT molecular complexity index is 1120. The summed E-state index contributed by atoms with van der Waals surface area (Å²) in [5.74, 6) is -0.680. The van der Waals surface area contributed by atoms with E-state index in [0.717, 1.165) is 39.9 Å². The molecule has 0 aromatic heterocycles. The van der Waals surface area contributed by atoms with Crippen LogP contribution in [0.3, 0.4) is 0 Å². The van der Waals surface area contributed by atoms with Gasteiger partial charge in [-0.1, -0.05) is 61.7 Å². The highest BCUT2D eigenvalue weighted by molar-refractivity contribution is 7.90. The highest BCUT2D eigenvalue weighted by Gasteiger charge is 2.34. The third-order valence-electron chi connectivity index (χ3n) is 6.42. The summed E-state index contributed by atoms with van der Waals surface area (Å²) in [5, 5.41) is 3.66. The molecule has 196 valence electrons. The lowest BCUT2D eigenvalue weighted by molar-refractivity contribution is -0.140. The molecule has 0 radical (unpaired) electrons. The van der Waals surface area contributed by atoms with Crippen molar-refractivity contribution >= 4 is 39.3 Å². The topological polar surface area (TPSA) is 90.0 Å². The molecule has 0 aliphatic heterocycles. The molecule has 1 aliphatic rings. The van der Waals surface area contributed by atoms with Gasteiger partial charge in [-0.2, -0.15) is 12.7 Å². The zero-order valence-corrected chi connectivity index (χ0v) is 22.6. The summed E-state index contributed by atoms with van der Waals surface area (Å²) >= 11 is 6.04. The minimum Gasteiger partial charge on any atom is -0.352 e. The molecule has 2 aromatic rings. The highest BCUT2D eigenvalue weighted by Crippen LogP contribution is 2.22. The maximum Gasteiger partial charge on any atom is 0.304 e. The number of carbonyl (C=O) groups is 2. The summed E-state index contributed by atoms with van der Waals surface area (Å²) in [7, 11) is -1.13. The van der Waals surface area contributed by atoms with E-state index in [9.17, 15) is 18.0 Å². The fraction of sp³-hybridized carbons (Fsp3) is 0.462. The first kappa shape index (κ1) is 28.0. The maximum atomic E-state index is 13.8. The molecule has 0 saturated heterocycles. The van der Waals surface area contributed by atoms with Crippen molar-refractivity contribution in [1.29, 1.82) is 0 Å². The standard InChI is InChI=1S/C26H35ClN4O4S/c1-4-24(26(33)28-22-10-8-9-11-22)30(18-20-14-16-21(27)17-15-20)25(32)19-31(36(34,35)29(2)3)23-12-6-5-7-13-23/h5-7,12-17,22,24H,4,8-11,18-19H2,1-3H3,(H,28,33)/t24-/m1/s1. The molecule has 8 nitrogen and oxygen atoms in total. The van der Waals surface area contributed by atoms with Crippen LogP contribution in [0, 0.1) is 0 Å². The summed E-state index contributed by atoms with van der Waals surface area (Å²) in [6, 6.07) is 14.9. The summed E-state index contributed by atoms with van der Waals surface area (Å²) < 4.78 is 28.5. The number of hydrogen-bond donors (Lipinski definition) is 1. The first-order valence-electron chi connectivity index (χ1n) is 12.2.